The molecule has 3 rings (SSSR count). The van der Waals surface area contributed by atoms with Crippen molar-refractivity contribution in [3.63, 3.8) is 0 Å². The molecule has 0 saturated carbocycles. The van der Waals surface area contributed by atoms with Crippen LogP contribution in [0, 0.1) is 12.0 Å². The molecule has 0 aromatic heterocycles. The number of anilines is 1. The number of nitrogens with one attached hydrogen (secondary N) is 1. The molecule has 2 aliphatic rings. The normalized spacial score (nSPS) is 23.4. The standard InChI is InChI=1S/C16H19N3O/c1-18-9-7-12(8-10-18)19(2)16(20)14-11-17-15-6-4-3-5-13(14)15/h3-6,12,14,17H,7,9,11H2,1-2H3. The lowest BCUT2D eigenvalue weighted by atomic mass is 9.98. The smallest absolute Gasteiger partial charge is 0.232 e. The van der Waals surface area contributed by atoms with Gasteiger partial charge in [0.2, 0.25) is 5.91 Å². The van der Waals surface area contributed by atoms with E-state index in [1.165, 1.54) is 0 Å². The third-order valence-electron chi connectivity index (χ3n) is 4.11. The third kappa shape index (κ3) is 2.20. The second-order valence-corrected chi connectivity index (χ2v) is 5.45. The highest BCUT2D eigenvalue weighted by molar-refractivity contribution is 5.88. The fourth-order valence-corrected chi connectivity index (χ4v) is 2.82. The molecule has 4 nitrogen and oxygen atoms in total. The lowest BCUT2D eigenvalue weighted by Crippen LogP contribution is -2.42. The van der Waals surface area contributed by atoms with Crippen LogP contribution in [-0.2, 0) is 4.79 Å². The first-order valence-corrected chi connectivity index (χ1v) is 6.98. The van der Waals surface area contributed by atoms with Crippen LogP contribution in [0.5, 0.6) is 0 Å². The molecule has 0 radical (unpaired) electrons. The van der Waals surface area contributed by atoms with Crippen molar-refractivity contribution in [2.24, 2.45) is 0 Å². The largest absolute Gasteiger partial charge is 0.384 e. The Hall–Kier alpha value is -2.15. The van der Waals surface area contributed by atoms with Crippen LogP contribution < -0.4 is 5.32 Å². The zero-order chi connectivity index (χ0) is 14.1. The number of likely N-dealkylation sites (N-methyl/N-ethyl adjacent to an activating group) is 1. The van der Waals surface area contributed by atoms with Crippen molar-refractivity contribution >= 4 is 11.6 Å². The number of carbonyl (C=O) groups is 1. The average molecular weight is 269 g/mol. The topological polar surface area (TPSA) is 35.6 Å². The first-order chi connectivity index (χ1) is 9.66. The summed E-state index contributed by atoms with van der Waals surface area (Å²) in [5, 5.41) is 3.30. The lowest BCUT2D eigenvalue weighted by Gasteiger charge is -2.30. The zero-order valence-electron chi connectivity index (χ0n) is 11.9. The summed E-state index contributed by atoms with van der Waals surface area (Å²) < 4.78 is 0. The summed E-state index contributed by atoms with van der Waals surface area (Å²) in [5.74, 6) is 3.23. The maximum atomic E-state index is 12.7. The van der Waals surface area contributed by atoms with Gasteiger partial charge in [0, 0.05) is 38.9 Å². The summed E-state index contributed by atoms with van der Waals surface area (Å²) in [6.07, 6.45) is 0.910. The molecular weight excluding hydrogens is 250 g/mol. The maximum absolute atomic E-state index is 12.7. The number of carbonyl (C=O) groups excluding carboxylic acids is 1. The van der Waals surface area contributed by atoms with Crippen LogP contribution in [0.1, 0.15) is 17.9 Å². The minimum atomic E-state index is -0.0855. The summed E-state index contributed by atoms with van der Waals surface area (Å²) in [6, 6.07) is 11.1. The number of benzene rings is 1. The summed E-state index contributed by atoms with van der Waals surface area (Å²) in [6.45, 7) is 1.59. The van der Waals surface area contributed by atoms with E-state index in [9.17, 15) is 4.79 Å². The number of hydrogen-bond acceptors (Lipinski definition) is 3. The lowest BCUT2D eigenvalue weighted by molar-refractivity contribution is -0.132. The predicted molar refractivity (Wildman–Crippen MR) is 79.3 cm³/mol. The van der Waals surface area contributed by atoms with Gasteiger partial charge in [-0.05, 0) is 18.1 Å². The van der Waals surface area contributed by atoms with Crippen LogP contribution in [-0.4, -0.2) is 48.9 Å². The molecule has 4 heteroatoms. The number of rotatable bonds is 2. The fraction of sp³-hybridized carbons (Fsp3) is 0.438. The third-order valence-corrected chi connectivity index (χ3v) is 4.11. The number of nitrogens with zero attached hydrogens (tertiary/aromatic N) is 2. The van der Waals surface area contributed by atoms with E-state index in [1.807, 2.05) is 48.2 Å². The van der Waals surface area contributed by atoms with Gasteiger partial charge in [0.05, 0.1) is 12.0 Å². The van der Waals surface area contributed by atoms with Crippen molar-refractivity contribution in [3.8, 4) is 12.0 Å². The van der Waals surface area contributed by atoms with Crippen LogP contribution in [0.25, 0.3) is 0 Å². The van der Waals surface area contributed by atoms with Gasteiger partial charge in [-0.3, -0.25) is 4.79 Å². The molecule has 2 atom stereocenters. The monoisotopic (exact) mass is 269 g/mol. The van der Waals surface area contributed by atoms with E-state index in [4.69, 9.17) is 0 Å². The molecular formula is C16H19N3O. The van der Waals surface area contributed by atoms with Gasteiger partial charge in [0.25, 0.3) is 0 Å². The Kier molecular flexibility index (Phi) is 3.27. The van der Waals surface area contributed by atoms with Crippen LogP contribution in [0.15, 0.2) is 24.3 Å². The summed E-state index contributed by atoms with van der Waals surface area (Å²) in [5.41, 5.74) is 2.18. The Morgan fingerprint density at radius 1 is 1.45 bits per heavy atom. The summed E-state index contributed by atoms with van der Waals surface area (Å²) in [7, 11) is 3.84. The zero-order valence-corrected chi connectivity index (χ0v) is 11.9. The quantitative estimate of drug-likeness (QED) is 0.823. The Morgan fingerprint density at radius 3 is 3.00 bits per heavy atom. The van der Waals surface area contributed by atoms with Crippen LogP contribution in [0.3, 0.4) is 0 Å². The molecule has 0 fully saturated rings. The van der Waals surface area contributed by atoms with E-state index in [1.54, 1.807) is 0 Å². The van der Waals surface area contributed by atoms with Gasteiger partial charge >= 0.3 is 0 Å². The van der Waals surface area contributed by atoms with E-state index < -0.39 is 0 Å². The Bertz CT molecular complexity index is 587. The molecule has 0 saturated heterocycles. The fourth-order valence-electron chi connectivity index (χ4n) is 2.82. The van der Waals surface area contributed by atoms with E-state index in [2.05, 4.69) is 17.3 Å². The number of para-hydroxylation sites is 1. The van der Waals surface area contributed by atoms with E-state index in [0.29, 0.717) is 6.54 Å². The second kappa shape index (κ2) is 5.09. The molecule has 2 unspecified atom stereocenters. The molecule has 0 bridgehead atoms. The van der Waals surface area contributed by atoms with Gasteiger partial charge in [-0.2, -0.15) is 0 Å². The SMILES string of the molecule is CN1C#CC(N(C)C(=O)C2CNc3ccccc32)CC1. The first kappa shape index (κ1) is 12.9. The number of amides is 1. The van der Waals surface area contributed by atoms with Gasteiger partial charge in [-0.15, -0.1) is 0 Å². The molecule has 1 aromatic carbocycles. The molecule has 1 N–H and O–H groups in total. The minimum absolute atomic E-state index is 0.0338. The Labute approximate surface area is 119 Å². The van der Waals surface area contributed by atoms with E-state index in [0.717, 1.165) is 24.2 Å². The molecule has 104 valence electrons. The molecule has 20 heavy (non-hydrogen) atoms. The first-order valence-electron chi connectivity index (χ1n) is 6.98. The van der Waals surface area contributed by atoms with Gasteiger partial charge < -0.3 is 15.1 Å². The second-order valence-electron chi connectivity index (χ2n) is 5.45. The van der Waals surface area contributed by atoms with Crippen molar-refractivity contribution in [3.05, 3.63) is 29.8 Å². The van der Waals surface area contributed by atoms with Gasteiger partial charge in [-0.1, -0.05) is 24.1 Å². The Balaban J connectivity index is 1.77. The van der Waals surface area contributed by atoms with E-state index in [-0.39, 0.29) is 17.9 Å². The maximum Gasteiger partial charge on any atom is 0.232 e. The van der Waals surface area contributed by atoms with Crippen molar-refractivity contribution in [2.75, 3.05) is 32.5 Å². The molecule has 2 heterocycles. The van der Waals surface area contributed by atoms with Gasteiger partial charge in [-0.25, -0.2) is 0 Å². The molecule has 1 amide bonds. The molecule has 0 spiro atoms. The molecule has 1 aromatic rings. The van der Waals surface area contributed by atoms with Crippen molar-refractivity contribution < 1.29 is 4.79 Å². The highest BCUT2D eigenvalue weighted by Crippen LogP contribution is 2.32. The molecule has 0 aliphatic carbocycles. The highest BCUT2D eigenvalue weighted by Gasteiger charge is 2.32. The summed E-state index contributed by atoms with van der Waals surface area (Å²) in [4.78, 5) is 16.5. The predicted octanol–water partition coefficient (Wildman–Crippen LogP) is 1.32. The van der Waals surface area contributed by atoms with Crippen molar-refractivity contribution in [1.29, 1.82) is 0 Å². The number of hydrogen-bond donors (Lipinski definition) is 1. The highest BCUT2D eigenvalue weighted by atomic mass is 16.2. The van der Waals surface area contributed by atoms with Crippen molar-refractivity contribution in [2.45, 2.75) is 18.4 Å². The average Bonchev–Trinajstić information content (AvgIpc) is 2.90. The van der Waals surface area contributed by atoms with Gasteiger partial charge in [0.1, 0.15) is 0 Å². The Morgan fingerprint density at radius 2 is 2.25 bits per heavy atom. The van der Waals surface area contributed by atoms with Gasteiger partial charge in [0.15, 0.2) is 0 Å². The van der Waals surface area contributed by atoms with E-state index >= 15 is 0 Å². The molecule has 2 aliphatic heterocycles. The minimum Gasteiger partial charge on any atom is -0.384 e. The number of fused-ring (bicyclic) bond motifs is 1. The summed E-state index contributed by atoms with van der Waals surface area (Å²) >= 11 is 0. The van der Waals surface area contributed by atoms with Crippen molar-refractivity contribution in [1.82, 2.24) is 9.80 Å². The van der Waals surface area contributed by atoms with Crippen LogP contribution >= 0.6 is 0 Å². The van der Waals surface area contributed by atoms with Crippen LogP contribution in [0.4, 0.5) is 5.69 Å². The van der Waals surface area contributed by atoms with Crippen LogP contribution in [0.2, 0.25) is 0 Å².